The fraction of sp³-hybridized carbons (Fsp3) is 0.143. The Balaban J connectivity index is 2.12. The molecule has 0 aliphatic rings. The topological polar surface area (TPSA) is 62.8 Å². The van der Waals surface area contributed by atoms with Gasteiger partial charge in [-0.1, -0.05) is 0 Å². The molecule has 0 unspecified atom stereocenters. The molecular weight excluding hydrogens is 240 g/mol. The Morgan fingerprint density at radius 2 is 2.11 bits per heavy atom. The summed E-state index contributed by atoms with van der Waals surface area (Å²) in [6, 6.07) is 9.87. The van der Waals surface area contributed by atoms with Crippen LogP contribution in [0.25, 0.3) is 22.2 Å². The molecule has 19 heavy (non-hydrogen) atoms. The minimum Gasteiger partial charge on any atom is -0.481 e. The lowest BCUT2D eigenvalue weighted by atomic mass is 10.1. The van der Waals surface area contributed by atoms with E-state index in [9.17, 15) is 0 Å². The van der Waals surface area contributed by atoms with Gasteiger partial charge in [0.2, 0.25) is 5.88 Å². The Hall–Kier alpha value is -2.56. The van der Waals surface area contributed by atoms with Crippen LogP contribution in [0.15, 0.2) is 36.5 Å². The summed E-state index contributed by atoms with van der Waals surface area (Å²) in [6.07, 6.45) is 1.76. The number of nitrogens with zero attached hydrogens (tertiary/aromatic N) is 2. The highest BCUT2D eigenvalue weighted by atomic mass is 16.5. The molecule has 2 N–H and O–H groups in total. The van der Waals surface area contributed by atoms with Gasteiger partial charge < -0.3 is 10.1 Å². The van der Waals surface area contributed by atoms with E-state index in [1.807, 2.05) is 31.3 Å². The molecule has 0 fully saturated rings. The molecule has 2 heterocycles. The third kappa shape index (κ3) is 1.99. The standard InChI is InChI=1S/C14H14N4O/c1-15-10-4-5-12-11(7-10)14(18-17-12)9-3-6-13(19-2)16-8-9/h3-8,15H,1-2H3,(H,17,18). The van der Waals surface area contributed by atoms with E-state index in [0.717, 1.165) is 27.8 Å². The predicted octanol–water partition coefficient (Wildman–Crippen LogP) is 2.68. The van der Waals surface area contributed by atoms with Gasteiger partial charge in [0, 0.05) is 35.9 Å². The number of pyridine rings is 1. The van der Waals surface area contributed by atoms with Crippen LogP contribution in [0.3, 0.4) is 0 Å². The summed E-state index contributed by atoms with van der Waals surface area (Å²) in [6.45, 7) is 0. The lowest BCUT2D eigenvalue weighted by Gasteiger charge is -2.02. The lowest BCUT2D eigenvalue weighted by Crippen LogP contribution is -1.88. The summed E-state index contributed by atoms with van der Waals surface area (Å²) >= 11 is 0. The fourth-order valence-corrected chi connectivity index (χ4v) is 2.03. The normalized spacial score (nSPS) is 10.6. The van der Waals surface area contributed by atoms with Gasteiger partial charge in [0.25, 0.3) is 0 Å². The third-order valence-corrected chi connectivity index (χ3v) is 3.07. The molecule has 2 aromatic heterocycles. The zero-order valence-electron chi connectivity index (χ0n) is 10.8. The quantitative estimate of drug-likeness (QED) is 0.754. The van der Waals surface area contributed by atoms with Crippen molar-refractivity contribution in [3.8, 4) is 17.1 Å². The smallest absolute Gasteiger partial charge is 0.212 e. The van der Waals surface area contributed by atoms with Crippen molar-refractivity contribution in [2.45, 2.75) is 0 Å². The number of benzene rings is 1. The minimum atomic E-state index is 0.597. The lowest BCUT2D eigenvalue weighted by molar-refractivity contribution is 0.398. The van der Waals surface area contributed by atoms with Crippen molar-refractivity contribution in [1.29, 1.82) is 0 Å². The van der Waals surface area contributed by atoms with Gasteiger partial charge in [-0.2, -0.15) is 5.10 Å². The second kappa shape index (κ2) is 4.61. The highest BCUT2D eigenvalue weighted by molar-refractivity contribution is 5.94. The second-order valence-corrected chi connectivity index (χ2v) is 4.17. The Kier molecular flexibility index (Phi) is 2.79. The number of fused-ring (bicyclic) bond motifs is 1. The molecule has 5 nitrogen and oxygen atoms in total. The van der Waals surface area contributed by atoms with Crippen LogP contribution in [0.2, 0.25) is 0 Å². The number of nitrogens with one attached hydrogen (secondary N) is 2. The van der Waals surface area contributed by atoms with E-state index in [-0.39, 0.29) is 0 Å². The molecule has 0 saturated carbocycles. The van der Waals surface area contributed by atoms with Gasteiger partial charge in [0.15, 0.2) is 0 Å². The van der Waals surface area contributed by atoms with Crippen molar-refractivity contribution in [2.75, 3.05) is 19.5 Å². The molecule has 3 rings (SSSR count). The number of hydrogen-bond acceptors (Lipinski definition) is 4. The molecule has 5 heteroatoms. The molecule has 0 radical (unpaired) electrons. The first-order valence-electron chi connectivity index (χ1n) is 5.98. The summed E-state index contributed by atoms with van der Waals surface area (Å²) < 4.78 is 5.06. The maximum Gasteiger partial charge on any atom is 0.212 e. The van der Waals surface area contributed by atoms with E-state index >= 15 is 0 Å². The van der Waals surface area contributed by atoms with Crippen LogP contribution in [-0.2, 0) is 0 Å². The van der Waals surface area contributed by atoms with Gasteiger partial charge in [0.1, 0.15) is 5.69 Å². The molecule has 0 aliphatic heterocycles. The number of methoxy groups -OCH3 is 1. The summed E-state index contributed by atoms with van der Waals surface area (Å²) in [5, 5.41) is 11.6. The highest BCUT2D eigenvalue weighted by Crippen LogP contribution is 2.28. The Bertz CT molecular complexity index is 703. The molecule has 1 aromatic carbocycles. The number of aromatic nitrogens is 3. The number of aromatic amines is 1. The number of rotatable bonds is 3. The van der Waals surface area contributed by atoms with E-state index in [2.05, 4.69) is 26.6 Å². The Labute approximate surface area is 110 Å². The number of ether oxygens (including phenoxy) is 1. The predicted molar refractivity (Wildman–Crippen MR) is 75.4 cm³/mol. The van der Waals surface area contributed by atoms with Gasteiger partial charge in [-0.15, -0.1) is 0 Å². The molecule has 0 amide bonds. The van der Waals surface area contributed by atoms with E-state index in [1.54, 1.807) is 13.3 Å². The van der Waals surface area contributed by atoms with Crippen LogP contribution in [0, 0.1) is 0 Å². The van der Waals surface area contributed by atoms with Crippen LogP contribution in [-0.4, -0.2) is 29.3 Å². The summed E-state index contributed by atoms with van der Waals surface area (Å²) in [7, 11) is 3.50. The van der Waals surface area contributed by atoms with Crippen LogP contribution in [0.1, 0.15) is 0 Å². The third-order valence-electron chi connectivity index (χ3n) is 3.07. The van der Waals surface area contributed by atoms with E-state index in [1.165, 1.54) is 0 Å². The Morgan fingerprint density at radius 1 is 1.21 bits per heavy atom. The van der Waals surface area contributed by atoms with Crippen molar-refractivity contribution in [2.24, 2.45) is 0 Å². The zero-order valence-corrected chi connectivity index (χ0v) is 10.8. The van der Waals surface area contributed by atoms with Crippen molar-refractivity contribution in [3.63, 3.8) is 0 Å². The van der Waals surface area contributed by atoms with Crippen molar-refractivity contribution >= 4 is 16.6 Å². The van der Waals surface area contributed by atoms with Gasteiger partial charge >= 0.3 is 0 Å². The van der Waals surface area contributed by atoms with Crippen molar-refractivity contribution < 1.29 is 4.74 Å². The molecule has 0 spiro atoms. The average Bonchev–Trinajstić information content (AvgIpc) is 2.90. The van der Waals surface area contributed by atoms with E-state index < -0.39 is 0 Å². The van der Waals surface area contributed by atoms with E-state index in [4.69, 9.17) is 4.74 Å². The SMILES string of the molecule is CNc1ccc2[nH]nc(-c3ccc(OC)nc3)c2c1. The number of H-pyrrole nitrogens is 1. The maximum atomic E-state index is 5.06. The van der Waals surface area contributed by atoms with Crippen LogP contribution in [0.4, 0.5) is 5.69 Å². The zero-order chi connectivity index (χ0) is 13.2. The summed E-state index contributed by atoms with van der Waals surface area (Å²) in [5.41, 5.74) is 3.91. The molecule has 0 aliphatic carbocycles. The molecule has 0 saturated heterocycles. The van der Waals surface area contributed by atoms with Gasteiger partial charge in [-0.25, -0.2) is 4.98 Å². The maximum absolute atomic E-state index is 5.06. The van der Waals surface area contributed by atoms with Crippen LogP contribution < -0.4 is 10.1 Å². The average molecular weight is 254 g/mol. The minimum absolute atomic E-state index is 0.597. The summed E-state index contributed by atoms with van der Waals surface area (Å²) in [5.74, 6) is 0.597. The van der Waals surface area contributed by atoms with Crippen LogP contribution >= 0.6 is 0 Å². The molecule has 3 aromatic rings. The highest BCUT2D eigenvalue weighted by Gasteiger charge is 2.09. The number of anilines is 1. The summed E-state index contributed by atoms with van der Waals surface area (Å²) in [4.78, 5) is 4.21. The first kappa shape index (κ1) is 11.5. The van der Waals surface area contributed by atoms with Crippen molar-refractivity contribution in [3.05, 3.63) is 36.5 Å². The van der Waals surface area contributed by atoms with Gasteiger partial charge in [-0.3, -0.25) is 5.10 Å². The van der Waals surface area contributed by atoms with Gasteiger partial charge in [0.05, 0.1) is 12.6 Å². The first-order valence-corrected chi connectivity index (χ1v) is 5.98. The first-order chi connectivity index (χ1) is 9.31. The largest absolute Gasteiger partial charge is 0.481 e. The molecule has 0 bridgehead atoms. The number of hydrogen-bond donors (Lipinski definition) is 2. The van der Waals surface area contributed by atoms with Gasteiger partial charge in [-0.05, 0) is 24.3 Å². The second-order valence-electron chi connectivity index (χ2n) is 4.17. The molecule has 0 atom stereocenters. The molecule has 96 valence electrons. The fourth-order valence-electron chi connectivity index (χ4n) is 2.03. The van der Waals surface area contributed by atoms with E-state index in [0.29, 0.717) is 5.88 Å². The Morgan fingerprint density at radius 3 is 2.79 bits per heavy atom. The molecular formula is C14H14N4O. The monoisotopic (exact) mass is 254 g/mol. The van der Waals surface area contributed by atoms with Crippen molar-refractivity contribution in [1.82, 2.24) is 15.2 Å². The van der Waals surface area contributed by atoms with Crippen LogP contribution in [0.5, 0.6) is 5.88 Å².